The molecule has 0 aliphatic carbocycles. The monoisotopic (exact) mass is 212 g/mol. The molecule has 0 N–H and O–H groups in total. The van der Waals surface area contributed by atoms with Crippen LogP contribution in [0.3, 0.4) is 0 Å². The molecular formula is C13H28N2. The third kappa shape index (κ3) is 4.52. The Bertz CT molecular complexity index is 160. The fraction of sp³-hybridized carbons (Fsp3) is 1.00. The molecule has 0 amide bonds. The van der Waals surface area contributed by atoms with Crippen LogP contribution in [0, 0.1) is 5.92 Å². The Morgan fingerprint density at radius 3 is 2.33 bits per heavy atom. The van der Waals surface area contributed by atoms with Crippen molar-refractivity contribution >= 4 is 0 Å². The Hall–Kier alpha value is -0.0800. The lowest BCUT2D eigenvalue weighted by Gasteiger charge is -2.36. The first-order valence-corrected chi connectivity index (χ1v) is 6.52. The molecule has 90 valence electrons. The van der Waals surface area contributed by atoms with Crippen molar-refractivity contribution in [2.75, 3.05) is 33.7 Å². The molecule has 0 bridgehead atoms. The highest BCUT2D eigenvalue weighted by atomic mass is 15.2. The zero-order chi connectivity index (χ0) is 11.3. The van der Waals surface area contributed by atoms with Gasteiger partial charge in [-0.2, -0.15) is 0 Å². The van der Waals surface area contributed by atoms with Gasteiger partial charge in [0, 0.05) is 12.6 Å². The summed E-state index contributed by atoms with van der Waals surface area (Å²) in [6, 6.07) is 0.822. The van der Waals surface area contributed by atoms with Gasteiger partial charge in [0.1, 0.15) is 0 Å². The minimum atomic E-state index is 0.822. The van der Waals surface area contributed by atoms with Gasteiger partial charge in [0.05, 0.1) is 0 Å². The number of rotatable bonds is 5. The standard InChI is InChI=1S/C13H28N2/c1-5-6-12(2)11-15-9-7-13(8-10-15)14(3)4/h12-13H,5-11H2,1-4H3. The van der Waals surface area contributed by atoms with E-state index >= 15 is 0 Å². The van der Waals surface area contributed by atoms with Crippen LogP contribution in [0.4, 0.5) is 0 Å². The first-order valence-electron chi connectivity index (χ1n) is 6.52. The third-order valence-corrected chi connectivity index (χ3v) is 3.64. The van der Waals surface area contributed by atoms with Crippen LogP contribution in [0.15, 0.2) is 0 Å². The van der Waals surface area contributed by atoms with Gasteiger partial charge in [0.25, 0.3) is 0 Å². The molecule has 1 aliphatic heterocycles. The van der Waals surface area contributed by atoms with Gasteiger partial charge in [0.2, 0.25) is 0 Å². The molecule has 1 saturated heterocycles. The van der Waals surface area contributed by atoms with Gasteiger partial charge in [0.15, 0.2) is 0 Å². The zero-order valence-electron chi connectivity index (χ0n) is 11.0. The molecule has 2 heteroatoms. The fourth-order valence-corrected chi connectivity index (χ4v) is 2.64. The van der Waals surface area contributed by atoms with Gasteiger partial charge in [-0.05, 0) is 52.4 Å². The molecule has 1 rings (SSSR count). The van der Waals surface area contributed by atoms with Crippen molar-refractivity contribution in [1.29, 1.82) is 0 Å². The molecule has 1 unspecified atom stereocenters. The van der Waals surface area contributed by atoms with Crippen LogP contribution in [0.1, 0.15) is 39.5 Å². The van der Waals surface area contributed by atoms with Gasteiger partial charge >= 0.3 is 0 Å². The maximum atomic E-state index is 2.65. The molecule has 15 heavy (non-hydrogen) atoms. The number of hydrogen-bond acceptors (Lipinski definition) is 2. The van der Waals surface area contributed by atoms with E-state index < -0.39 is 0 Å². The lowest BCUT2D eigenvalue weighted by Crippen LogP contribution is -2.43. The van der Waals surface area contributed by atoms with E-state index in [-0.39, 0.29) is 0 Å². The average molecular weight is 212 g/mol. The molecule has 1 heterocycles. The highest BCUT2D eigenvalue weighted by molar-refractivity contribution is 4.77. The molecule has 0 aromatic heterocycles. The van der Waals surface area contributed by atoms with Crippen molar-refractivity contribution in [3.63, 3.8) is 0 Å². The van der Waals surface area contributed by atoms with Gasteiger partial charge in [-0.1, -0.05) is 20.3 Å². The van der Waals surface area contributed by atoms with Crippen molar-refractivity contribution in [2.24, 2.45) is 5.92 Å². The number of nitrogens with zero attached hydrogens (tertiary/aromatic N) is 2. The van der Waals surface area contributed by atoms with E-state index in [1.165, 1.54) is 45.3 Å². The number of hydrogen-bond donors (Lipinski definition) is 0. The molecule has 1 fully saturated rings. The van der Waals surface area contributed by atoms with E-state index in [0.29, 0.717) is 0 Å². The maximum absolute atomic E-state index is 2.65. The quantitative estimate of drug-likeness (QED) is 0.691. The predicted octanol–water partition coefficient (Wildman–Crippen LogP) is 2.45. The maximum Gasteiger partial charge on any atom is 0.0113 e. The van der Waals surface area contributed by atoms with Crippen LogP contribution < -0.4 is 0 Å². The molecular weight excluding hydrogens is 184 g/mol. The molecule has 1 atom stereocenters. The van der Waals surface area contributed by atoms with E-state index in [1.54, 1.807) is 0 Å². The molecule has 0 aromatic carbocycles. The van der Waals surface area contributed by atoms with Crippen molar-refractivity contribution in [1.82, 2.24) is 9.80 Å². The van der Waals surface area contributed by atoms with E-state index in [1.807, 2.05) is 0 Å². The highest BCUT2D eigenvalue weighted by Gasteiger charge is 2.21. The minimum Gasteiger partial charge on any atom is -0.306 e. The second-order valence-corrected chi connectivity index (χ2v) is 5.39. The first-order chi connectivity index (χ1) is 7.13. The second kappa shape index (κ2) is 6.49. The molecule has 2 nitrogen and oxygen atoms in total. The number of likely N-dealkylation sites (tertiary alicyclic amines) is 1. The van der Waals surface area contributed by atoms with Crippen LogP contribution in [-0.4, -0.2) is 49.6 Å². The minimum absolute atomic E-state index is 0.822. The first kappa shape index (κ1) is 13.0. The summed E-state index contributed by atoms with van der Waals surface area (Å²) in [5.74, 6) is 0.880. The van der Waals surface area contributed by atoms with Crippen molar-refractivity contribution in [3.8, 4) is 0 Å². The Balaban J connectivity index is 2.19. The molecule has 0 spiro atoms. The van der Waals surface area contributed by atoms with Crippen LogP contribution in [0.2, 0.25) is 0 Å². The zero-order valence-corrected chi connectivity index (χ0v) is 11.0. The fourth-order valence-electron chi connectivity index (χ4n) is 2.64. The summed E-state index contributed by atoms with van der Waals surface area (Å²) < 4.78 is 0. The summed E-state index contributed by atoms with van der Waals surface area (Å²) in [4.78, 5) is 5.03. The van der Waals surface area contributed by atoms with Gasteiger partial charge < -0.3 is 9.80 Å². The number of piperidine rings is 1. The van der Waals surface area contributed by atoms with Crippen LogP contribution >= 0.6 is 0 Å². The summed E-state index contributed by atoms with van der Waals surface area (Å²) in [5.41, 5.74) is 0. The molecule has 0 radical (unpaired) electrons. The van der Waals surface area contributed by atoms with Crippen molar-refractivity contribution in [3.05, 3.63) is 0 Å². The molecule has 1 aliphatic rings. The second-order valence-electron chi connectivity index (χ2n) is 5.39. The van der Waals surface area contributed by atoms with Crippen molar-refractivity contribution in [2.45, 2.75) is 45.6 Å². The largest absolute Gasteiger partial charge is 0.306 e. The lowest BCUT2D eigenvalue weighted by atomic mass is 10.0. The van der Waals surface area contributed by atoms with Crippen LogP contribution in [-0.2, 0) is 0 Å². The molecule has 0 saturated carbocycles. The Kier molecular flexibility index (Phi) is 5.62. The lowest BCUT2D eigenvalue weighted by molar-refractivity contribution is 0.131. The van der Waals surface area contributed by atoms with E-state index in [9.17, 15) is 0 Å². The van der Waals surface area contributed by atoms with Crippen LogP contribution in [0.25, 0.3) is 0 Å². The topological polar surface area (TPSA) is 6.48 Å². The average Bonchev–Trinajstić information content (AvgIpc) is 2.18. The van der Waals surface area contributed by atoms with Crippen LogP contribution in [0.5, 0.6) is 0 Å². The summed E-state index contributed by atoms with van der Waals surface area (Å²) in [5, 5.41) is 0. The summed E-state index contributed by atoms with van der Waals surface area (Å²) in [7, 11) is 4.42. The Labute approximate surface area is 95.6 Å². The van der Waals surface area contributed by atoms with Crippen molar-refractivity contribution < 1.29 is 0 Å². The SMILES string of the molecule is CCCC(C)CN1CCC(N(C)C)CC1. The molecule has 0 aromatic rings. The van der Waals surface area contributed by atoms with Gasteiger partial charge in [-0.25, -0.2) is 0 Å². The summed E-state index contributed by atoms with van der Waals surface area (Å²) >= 11 is 0. The Morgan fingerprint density at radius 2 is 1.87 bits per heavy atom. The predicted molar refractivity (Wildman–Crippen MR) is 67.2 cm³/mol. The third-order valence-electron chi connectivity index (χ3n) is 3.64. The summed E-state index contributed by atoms with van der Waals surface area (Å²) in [6.07, 6.45) is 5.42. The van der Waals surface area contributed by atoms with E-state index in [0.717, 1.165) is 12.0 Å². The van der Waals surface area contributed by atoms with E-state index in [4.69, 9.17) is 0 Å². The normalized spacial score (nSPS) is 22.2. The Morgan fingerprint density at radius 1 is 1.27 bits per heavy atom. The summed E-state index contributed by atoms with van der Waals surface area (Å²) in [6.45, 7) is 8.60. The highest BCUT2D eigenvalue weighted by Crippen LogP contribution is 2.16. The van der Waals surface area contributed by atoms with Gasteiger partial charge in [-0.3, -0.25) is 0 Å². The van der Waals surface area contributed by atoms with Gasteiger partial charge in [-0.15, -0.1) is 0 Å². The van der Waals surface area contributed by atoms with E-state index in [2.05, 4.69) is 37.7 Å². The smallest absolute Gasteiger partial charge is 0.0113 e.